The minimum absolute atomic E-state index is 0.152. The molecule has 6 nitrogen and oxygen atoms in total. The molecule has 0 fully saturated rings. The number of ether oxygens (including phenoxy) is 2. The summed E-state index contributed by atoms with van der Waals surface area (Å²) < 4.78 is 10.2. The van der Waals surface area contributed by atoms with Gasteiger partial charge < -0.3 is 20.5 Å². The molecule has 0 amide bonds. The Morgan fingerprint density at radius 2 is 1.91 bits per heavy atom. The van der Waals surface area contributed by atoms with E-state index < -0.39 is 0 Å². The van der Waals surface area contributed by atoms with Gasteiger partial charge in [-0.1, -0.05) is 6.42 Å². The fourth-order valence-corrected chi connectivity index (χ4v) is 1.94. The van der Waals surface area contributed by atoms with Crippen LogP contribution < -0.4 is 15.8 Å². The number of esters is 1. The predicted octanol–water partition coefficient (Wildman–Crippen LogP) is 2.93. The molecule has 6 heteroatoms. The maximum Gasteiger partial charge on any atom is 0.305 e. The lowest BCUT2D eigenvalue weighted by Gasteiger charge is -2.10. The van der Waals surface area contributed by atoms with Gasteiger partial charge in [-0.3, -0.25) is 9.79 Å². The summed E-state index contributed by atoms with van der Waals surface area (Å²) in [6.07, 6.45) is 3.24. The van der Waals surface area contributed by atoms with Gasteiger partial charge >= 0.3 is 5.97 Å². The van der Waals surface area contributed by atoms with Crippen molar-refractivity contribution in [3.05, 3.63) is 24.3 Å². The van der Waals surface area contributed by atoms with Crippen molar-refractivity contribution in [1.82, 2.24) is 0 Å². The van der Waals surface area contributed by atoms with Crippen LogP contribution in [0.25, 0.3) is 0 Å². The molecule has 1 aromatic carbocycles. The van der Waals surface area contributed by atoms with Crippen LogP contribution in [0, 0.1) is 0 Å². The summed E-state index contributed by atoms with van der Waals surface area (Å²) in [4.78, 5) is 15.2. The lowest BCUT2D eigenvalue weighted by molar-refractivity contribution is -0.140. The van der Waals surface area contributed by atoms with Gasteiger partial charge in [0.15, 0.2) is 5.96 Å². The number of carbonyl (C=O) groups is 1. The fourth-order valence-electron chi connectivity index (χ4n) is 1.94. The van der Waals surface area contributed by atoms with Crippen molar-refractivity contribution in [2.24, 2.45) is 10.7 Å². The number of hydrogen-bond donors (Lipinski definition) is 2. The van der Waals surface area contributed by atoms with E-state index in [0.717, 1.165) is 30.7 Å². The maximum atomic E-state index is 11.0. The molecule has 0 saturated heterocycles. The molecule has 1 aromatic rings. The summed E-state index contributed by atoms with van der Waals surface area (Å²) in [6, 6.07) is 7.58. The van der Waals surface area contributed by atoms with E-state index >= 15 is 0 Å². The molecular weight excluding hydrogens is 294 g/mol. The first kappa shape index (κ1) is 18.8. The average Bonchev–Trinajstić information content (AvgIpc) is 2.51. The monoisotopic (exact) mass is 321 g/mol. The third-order valence-electron chi connectivity index (χ3n) is 3.05. The molecule has 0 saturated carbocycles. The molecule has 0 spiro atoms. The highest BCUT2D eigenvalue weighted by Gasteiger charge is 2.00. The van der Waals surface area contributed by atoms with Gasteiger partial charge in [0, 0.05) is 18.7 Å². The number of nitrogens with one attached hydrogen (secondary N) is 1. The van der Waals surface area contributed by atoms with Crippen molar-refractivity contribution in [3.63, 3.8) is 0 Å². The zero-order valence-electron chi connectivity index (χ0n) is 14.2. The highest BCUT2D eigenvalue weighted by molar-refractivity contribution is 5.92. The van der Waals surface area contributed by atoms with E-state index in [9.17, 15) is 4.79 Å². The van der Waals surface area contributed by atoms with Crippen molar-refractivity contribution in [2.45, 2.75) is 45.6 Å². The van der Waals surface area contributed by atoms with Crippen LogP contribution in [0.1, 0.15) is 39.5 Å². The molecule has 0 atom stereocenters. The number of rotatable bonds is 9. The molecule has 128 valence electrons. The zero-order valence-corrected chi connectivity index (χ0v) is 14.2. The van der Waals surface area contributed by atoms with Crippen molar-refractivity contribution in [2.75, 3.05) is 19.0 Å². The zero-order chi connectivity index (χ0) is 17.1. The van der Waals surface area contributed by atoms with Crippen LogP contribution in [0.2, 0.25) is 0 Å². The molecule has 0 aliphatic heterocycles. The second-order valence-corrected chi connectivity index (χ2v) is 5.47. The molecule has 0 aliphatic rings. The largest absolute Gasteiger partial charge is 0.491 e. The van der Waals surface area contributed by atoms with E-state index in [0.29, 0.717) is 18.9 Å². The lowest BCUT2D eigenvalue weighted by Crippen LogP contribution is -2.22. The Morgan fingerprint density at radius 3 is 2.52 bits per heavy atom. The first-order valence-electron chi connectivity index (χ1n) is 7.91. The number of anilines is 1. The van der Waals surface area contributed by atoms with Crippen LogP contribution in [0.5, 0.6) is 5.75 Å². The number of nitrogens with zero attached hydrogens (tertiary/aromatic N) is 1. The van der Waals surface area contributed by atoms with Crippen LogP contribution in [0.3, 0.4) is 0 Å². The molecule has 0 aromatic heterocycles. The van der Waals surface area contributed by atoms with E-state index in [1.165, 1.54) is 7.11 Å². The van der Waals surface area contributed by atoms with E-state index in [-0.39, 0.29) is 12.1 Å². The number of carbonyl (C=O) groups excluding carboxylic acids is 1. The molecule has 0 bridgehead atoms. The van der Waals surface area contributed by atoms with E-state index in [1.807, 2.05) is 38.1 Å². The average molecular weight is 321 g/mol. The van der Waals surface area contributed by atoms with Gasteiger partial charge in [0.25, 0.3) is 0 Å². The third-order valence-corrected chi connectivity index (χ3v) is 3.05. The van der Waals surface area contributed by atoms with E-state index in [2.05, 4.69) is 15.0 Å². The number of methoxy groups -OCH3 is 1. The van der Waals surface area contributed by atoms with E-state index in [1.54, 1.807) is 0 Å². The Labute approximate surface area is 138 Å². The Morgan fingerprint density at radius 1 is 1.22 bits per heavy atom. The number of unbranched alkanes of at least 4 members (excludes halogenated alkanes) is 2. The summed E-state index contributed by atoms with van der Waals surface area (Å²) >= 11 is 0. The molecule has 0 unspecified atom stereocenters. The van der Waals surface area contributed by atoms with Crippen LogP contribution in [-0.2, 0) is 9.53 Å². The minimum Gasteiger partial charge on any atom is -0.491 e. The van der Waals surface area contributed by atoms with Crippen molar-refractivity contribution < 1.29 is 14.3 Å². The highest BCUT2D eigenvalue weighted by atomic mass is 16.5. The molecule has 23 heavy (non-hydrogen) atoms. The first-order valence-corrected chi connectivity index (χ1v) is 7.91. The molecule has 0 radical (unpaired) electrons. The summed E-state index contributed by atoms with van der Waals surface area (Å²) in [5, 5.41) is 3.04. The molecule has 3 N–H and O–H groups in total. The van der Waals surface area contributed by atoms with E-state index in [4.69, 9.17) is 10.5 Å². The van der Waals surface area contributed by atoms with Gasteiger partial charge in [-0.2, -0.15) is 0 Å². The molecular formula is C17H27N3O3. The minimum atomic E-state index is -0.167. The SMILES string of the molecule is COC(=O)CCCCCN=C(N)Nc1ccc(OC(C)C)cc1. The number of nitrogens with two attached hydrogens (primary N) is 1. The standard InChI is InChI=1S/C17H27N3O3/c1-13(2)23-15-10-8-14(9-11-15)20-17(18)19-12-6-4-5-7-16(21)22-3/h8-11,13H,4-7,12H2,1-3H3,(H3,18,19,20). The van der Waals surface area contributed by atoms with Crippen LogP contribution in [-0.4, -0.2) is 31.7 Å². The fraction of sp³-hybridized carbons (Fsp3) is 0.529. The van der Waals surface area contributed by atoms with Gasteiger partial charge in [0.1, 0.15) is 5.75 Å². The van der Waals surface area contributed by atoms with Gasteiger partial charge in [0.2, 0.25) is 0 Å². The molecule has 1 rings (SSSR count). The van der Waals surface area contributed by atoms with Crippen LogP contribution in [0.4, 0.5) is 5.69 Å². The van der Waals surface area contributed by atoms with Crippen LogP contribution >= 0.6 is 0 Å². The second kappa shape index (κ2) is 10.5. The number of aliphatic imine (C=N–C) groups is 1. The Kier molecular flexibility index (Phi) is 8.57. The third kappa shape index (κ3) is 8.70. The number of hydrogen-bond acceptors (Lipinski definition) is 4. The molecule has 0 aliphatic carbocycles. The van der Waals surface area contributed by atoms with Gasteiger partial charge in [0.05, 0.1) is 13.2 Å². The topological polar surface area (TPSA) is 85.9 Å². The summed E-state index contributed by atoms with van der Waals surface area (Å²) in [5.74, 6) is 1.04. The number of guanidine groups is 1. The predicted molar refractivity (Wildman–Crippen MR) is 92.8 cm³/mol. The number of benzene rings is 1. The quantitative estimate of drug-likeness (QED) is 0.316. The maximum absolute atomic E-state index is 11.0. The Bertz CT molecular complexity index is 498. The van der Waals surface area contributed by atoms with Gasteiger partial charge in [-0.05, 0) is 51.0 Å². The first-order chi connectivity index (χ1) is 11.0. The summed E-state index contributed by atoms with van der Waals surface area (Å²) in [6.45, 7) is 4.61. The van der Waals surface area contributed by atoms with Crippen LogP contribution in [0.15, 0.2) is 29.3 Å². The highest BCUT2D eigenvalue weighted by Crippen LogP contribution is 2.16. The van der Waals surface area contributed by atoms with Crippen molar-refractivity contribution in [1.29, 1.82) is 0 Å². The van der Waals surface area contributed by atoms with Gasteiger partial charge in [-0.15, -0.1) is 0 Å². The van der Waals surface area contributed by atoms with Gasteiger partial charge in [-0.25, -0.2) is 0 Å². The normalized spacial score (nSPS) is 11.4. The summed E-state index contributed by atoms with van der Waals surface area (Å²) in [5.41, 5.74) is 6.71. The molecule has 0 heterocycles. The lowest BCUT2D eigenvalue weighted by atomic mass is 10.2. The Balaban J connectivity index is 2.26. The summed E-state index contributed by atoms with van der Waals surface area (Å²) in [7, 11) is 1.40. The van der Waals surface area contributed by atoms with Crippen molar-refractivity contribution in [3.8, 4) is 5.75 Å². The second-order valence-electron chi connectivity index (χ2n) is 5.47. The smallest absolute Gasteiger partial charge is 0.305 e. The Hall–Kier alpha value is -2.24. The van der Waals surface area contributed by atoms with Crippen molar-refractivity contribution >= 4 is 17.6 Å².